The van der Waals surface area contributed by atoms with Crippen LogP contribution >= 0.6 is 0 Å². The van der Waals surface area contributed by atoms with E-state index in [1.807, 2.05) is 23.0 Å². The minimum Gasteiger partial charge on any atom is -0.509 e. The molecule has 0 amide bonds. The predicted octanol–water partition coefficient (Wildman–Crippen LogP) is 14.0. The van der Waals surface area contributed by atoms with E-state index in [1.165, 1.54) is 29.4 Å². The molecule has 7 rings (SSSR count). The molecule has 0 bridgehead atoms. The van der Waals surface area contributed by atoms with Gasteiger partial charge in [0.15, 0.2) is 0 Å². The third kappa shape index (κ3) is 9.00. The van der Waals surface area contributed by atoms with Gasteiger partial charge in [-0.2, -0.15) is 11.2 Å². The summed E-state index contributed by atoms with van der Waals surface area (Å²) in [7, 11) is 0. The summed E-state index contributed by atoms with van der Waals surface area (Å²) in [6.07, 6.45) is 5.53. The molecule has 298 valence electrons. The maximum atomic E-state index is 6.76. The van der Waals surface area contributed by atoms with E-state index in [4.69, 9.17) is 14.8 Å². The number of nitrogens with zero attached hydrogens (tertiary/aromatic N) is 4. The SMILES string of the molecule is Cc1nn(-c2[c-]c(Oc3[c-]c4c(cc3)c3cc(C(C)CCCC(C)(C)C)ccc3n4-c3cc(C(C)(C)C)ccn3)cc(C(C)(C)C)c2)c(C)c1-c1ccccc1.[Pt+2]. The Morgan fingerprint density at radius 2 is 1.46 bits per heavy atom. The van der Waals surface area contributed by atoms with Crippen LogP contribution in [0.5, 0.6) is 11.5 Å². The zero-order chi connectivity index (χ0) is 40.2. The van der Waals surface area contributed by atoms with Crippen molar-refractivity contribution in [2.75, 3.05) is 0 Å². The molecule has 3 heterocycles. The van der Waals surface area contributed by atoms with Crippen LogP contribution in [0, 0.1) is 31.4 Å². The largest absolute Gasteiger partial charge is 2.00 e. The Balaban J connectivity index is 0.00000549. The number of ether oxygens (including phenoxy) is 1. The minimum absolute atomic E-state index is 0. The van der Waals surface area contributed by atoms with Crippen LogP contribution in [0.4, 0.5) is 0 Å². The van der Waals surface area contributed by atoms with Gasteiger partial charge in [0.05, 0.1) is 5.69 Å². The van der Waals surface area contributed by atoms with E-state index >= 15 is 0 Å². The fourth-order valence-electron chi connectivity index (χ4n) is 7.81. The van der Waals surface area contributed by atoms with E-state index in [2.05, 4.69) is 173 Å². The van der Waals surface area contributed by atoms with Gasteiger partial charge in [-0.05, 0) is 94.8 Å². The molecule has 57 heavy (non-hydrogen) atoms. The van der Waals surface area contributed by atoms with E-state index in [0.717, 1.165) is 62.4 Å². The van der Waals surface area contributed by atoms with Crippen molar-refractivity contribution < 1.29 is 25.8 Å². The molecular formula is C51H58N4OPt. The van der Waals surface area contributed by atoms with Crippen LogP contribution in [-0.2, 0) is 31.9 Å². The maximum Gasteiger partial charge on any atom is 2.00 e. The van der Waals surface area contributed by atoms with Crippen LogP contribution in [0.2, 0.25) is 0 Å². The maximum absolute atomic E-state index is 6.76. The number of aryl methyl sites for hydroxylation is 1. The van der Waals surface area contributed by atoms with Crippen LogP contribution < -0.4 is 4.74 Å². The number of fused-ring (bicyclic) bond motifs is 3. The molecular weight excluding hydrogens is 880 g/mol. The third-order valence-electron chi connectivity index (χ3n) is 11.1. The molecule has 0 aliphatic carbocycles. The van der Waals surface area contributed by atoms with Crippen molar-refractivity contribution in [1.29, 1.82) is 0 Å². The van der Waals surface area contributed by atoms with Gasteiger partial charge in [0.25, 0.3) is 0 Å². The molecule has 1 atom stereocenters. The van der Waals surface area contributed by atoms with Gasteiger partial charge in [0, 0.05) is 34.5 Å². The smallest absolute Gasteiger partial charge is 0.509 e. The topological polar surface area (TPSA) is 44.9 Å². The molecule has 4 aromatic carbocycles. The third-order valence-corrected chi connectivity index (χ3v) is 11.1. The molecule has 0 fully saturated rings. The zero-order valence-electron chi connectivity index (χ0n) is 35.9. The number of benzene rings is 4. The summed E-state index contributed by atoms with van der Waals surface area (Å²) in [5.41, 5.74) is 11.1. The van der Waals surface area contributed by atoms with Crippen molar-refractivity contribution >= 4 is 21.8 Å². The quantitative estimate of drug-likeness (QED) is 0.136. The molecule has 0 aliphatic heterocycles. The number of hydrogen-bond donors (Lipinski definition) is 0. The van der Waals surface area contributed by atoms with E-state index in [9.17, 15) is 0 Å². The van der Waals surface area contributed by atoms with E-state index in [1.54, 1.807) is 0 Å². The molecule has 5 nitrogen and oxygen atoms in total. The molecule has 0 saturated carbocycles. The summed E-state index contributed by atoms with van der Waals surface area (Å²) in [5.74, 6) is 2.58. The van der Waals surface area contributed by atoms with Gasteiger partial charge < -0.3 is 9.30 Å². The molecule has 0 saturated heterocycles. The summed E-state index contributed by atoms with van der Waals surface area (Å²) < 4.78 is 11.0. The molecule has 0 N–H and O–H groups in total. The first-order valence-corrected chi connectivity index (χ1v) is 20.2. The molecule has 0 aliphatic rings. The molecule has 6 heteroatoms. The zero-order valence-corrected chi connectivity index (χ0v) is 38.1. The number of pyridine rings is 1. The first kappa shape index (κ1) is 42.1. The van der Waals surface area contributed by atoms with Crippen molar-refractivity contribution in [2.45, 2.75) is 119 Å². The van der Waals surface area contributed by atoms with E-state index < -0.39 is 0 Å². The second kappa shape index (κ2) is 16.1. The number of rotatable bonds is 9. The summed E-state index contributed by atoms with van der Waals surface area (Å²) >= 11 is 0. The molecule has 0 spiro atoms. The fraction of sp³-hybridized carbons (Fsp3) is 0.373. The fourth-order valence-corrected chi connectivity index (χ4v) is 7.81. The first-order valence-electron chi connectivity index (χ1n) is 20.2. The normalized spacial score (nSPS) is 12.9. The molecule has 7 aromatic rings. The monoisotopic (exact) mass is 937 g/mol. The van der Waals surface area contributed by atoms with Crippen molar-refractivity contribution in [3.8, 4) is 34.1 Å². The second-order valence-electron chi connectivity index (χ2n) is 19.0. The summed E-state index contributed by atoms with van der Waals surface area (Å²) in [6.45, 7) is 27.0. The van der Waals surface area contributed by atoms with Gasteiger partial charge in [-0.1, -0.05) is 124 Å². The van der Waals surface area contributed by atoms with Crippen LogP contribution in [0.25, 0.3) is 44.4 Å². The Labute approximate surface area is 355 Å². The van der Waals surface area contributed by atoms with Crippen LogP contribution in [0.3, 0.4) is 0 Å². The Morgan fingerprint density at radius 3 is 2.14 bits per heavy atom. The summed E-state index contributed by atoms with van der Waals surface area (Å²) in [5, 5.41) is 7.35. The Bertz CT molecular complexity index is 2520. The Kier molecular flexibility index (Phi) is 11.9. The molecule has 3 aromatic heterocycles. The average Bonchev–Trinajstić information content (AvgIpc) is 3.62. The van der Waals surface area contributed by atoms with Gasteiger partial charge in [-0.3, -0.25) is 4.68 Å². The molecule has 0 radical (unpaired) electrons. The van der Waals surface area contributed by atoms with Gasteiger partial charge in [0.2, 0.25) is 0 Å². The van der Waals surface area contributed by atoms with Gasteiger partial charge in [-0.15, -0.1) is 41.3 Å². The second-order valence-corrected chi connectivity index (χ2v) is 19.0. The number of aromatic nitrogens is 4. The van der Waals surface area contributed by atoms with Crippen LogP contribution in [0.1, 0.15) is 122 Å². The van der Waals surface area contributed by atoms with Crippen molar-refractivity contribution in [1.82, 2.24) is 19.3 Å². The van der Waals surface area contributed by atoms with Gasteiger partial charge >= 0.3 is 21.1 Å². The summed E-state index contributed by atoms with van der Waals surface area (Å²) in [4.78, 5) is 4.94. The van der Waals surface area contributed by atoms with Gasteiger partial charge in [0.1, 0.15) is 5.82 Å². The van der Waals surface area contributed by atoms with Crippen LogP contribution in [-0.4, -0.2) is 19.3 Å². The van der Waals surface area contributed by atoms with E-state index in [-0.39, 0.29) is 31.9 Å². The first-order chi connectivity index (χ1) is 26.4. The Morgan fingerprint density at radius 1 is 0.737 bits per heavy atom. The predicted molar refractivity (Wildman–Crippen MR) is 234 cm³/mol. The number of hydrogen-bond acceptors (Lipinski definition) is 3. The van der Waals surface area contributed by atoms with Crippen LogP contribution in [0.15, 0.2) is 91.1 Å². The average molecular weight is 938 g/mol. The van der Waals surface area contributed by atoms with E-state index in [0.29, 0.717) is 22.8 Å². The van der Waals surface area contributed by atoms with Crippen molar-refractivity contribution in [3.05, 3.63) is 131 Å². The van der Waals surface area contributed by atoms with Crippen molar-refractivity contribution in [3.63, 3.8) is 0 Å². The molecule has 1 unspecified atom stereocenters. The summed E-state index contributed by atoms with van der Waals surface area (Å²) in [6, 6.07) is 37.6. The van der Waals surface area contributed by atoms with Gasteiger partial charge in [-0.25, -0.2) is 4.98 Å². The minimum atomic E-state index is -0.133. The standard InChI is InChI=1S/C51H58N4O.Pt/c1-33(17-16-25-49(4,5)6)37-20-23-45-44(27-37)43-22-21-41(32-46(43)54(45)47-30-38(24-26-52-47)50(7,8)9)56-42-29-39(51(10,11)12)28-40(31-42)55-35(3)48(34(2)53-55)36-18-14-13-15-19-36;/h13-15,18-24,26-30,33H,16-17,25H2,1-12H3;/q-2;+2. The Hall–Kier alpha value is -4.47. The van der Waals surface area contributed by atoms with Crippen molar-refractivity contribution in [2.24, 2.45) is 5.41 Å².